The molecule has 1 aliphatic heterocycles. The topological polar surface area (TPSA) is 37.4 Å². The van der Waals surface area contributed by atoms with Crippen LogP contribution in [0.15, 0.2) is 24.3 Å². The van der Waals surface area contributed by atoms with Crippen molar-refractivity contribution in [1.82, 2.24) is 4.31 Å². The normalized spacial score (nSPS) is 26.4. The molecule has 2 aliphatic rings. The highest BCUT2D eigenvalue weighted by Crippen LogP contribution is 2.48. The molecule has 1 aromatic rings. The lowest BCUT2D eigenvalue weighted by molar-refractivity contribution is 0.203. The van der Waals surface area contributed by atoms with Gasteiger partial charge >= 0.3 is 0 Å². The molecule has 0 amide bonds. The highest BCUT2D eigenvalue weighted by Gasteiger charge is 2.42. The van der Waals surface area contributed by atoms with E-state index >= 15 is 0 Å². The number of rotatable bonds is 1. The Morgan fingerprint density at radius 2 is 1.80 bits per heavy atom. The van der Waals surface area contributed by atoms with Gasteiger partial charge in [-0.25, -0.2) is 12.7 Å². The minimum atomic E-state index is -3.04. The van der Waals surface area contributed by atoms with Crippen molar-refractivity contribution in [2.45, 2.75) is 43.9 Å². The zero-order valence-electron chi connectivity index (χ0n) is 12.3. The Balaban J connectivity index is 1.91. The van der Waals surface area contributed by atoms with Crippen molar-refractivity contribution >= 4 is 10.0 Å². The average molecular weight is 293 g/mol. The minimum Gasteiger partial charge on any atom is -0.213 e. The highest BCUT2D eigenvalue weighted by atomic mass is 32.2. The van der Waals surface area contributed by atoms with Crippen LogP contribution in [0.3, 0.4) is 0 Å². The average Bonchev–Trinajstić information content (AvgIpc) is 2.43. The van der Waals surface area contributed by atoms with Crippen LogP contribution in [0.25, 0.3) is 0 Å². The van der Waals surface area contributed by atoms with Crippen molar-refractivity contribution < 1.29 is 8.42 Å². The standard InChI is InChI=1S/C16H23NO2S/c1-13-7-8-16(15-6-4-3-5-14(13)15)9-11-17(12-10-16)20(2,18)19/h3-6,13H,7-12H2,1-2H3. The first-order valence-corrected chi connectivity index (χ1v) is 9.32. The molecule has 1 saturated heterocycles. The third kappa shape index (κ3) is 2.29. The Bertz CT molecular complexity index is 601. The predicted molar refractivity (Wildman–Crippen MR) is 81.4 cm³/mol. The Morgan fingerprint density at radius 3 is 2.45 bits per heavy atom. The Kier molecular flexibility index (Phi) is 3.41. The van der Waals surface area contributed by atoms with E-state index in [2.05, 4.69) is 31.2 Å². The van der Waals surface area contributed by atoms with Crippen molar-refractivity contribution in [2.24, 2.45) is 0 Å². The van der Waals surface area contributed by atoms with Crippen molar-refractivity contribution in [3.8, 4) is 0 Å². The summed E-state index contributed by atoms with van der Waals surface area (Å²) in [5.41, 5.74) is 3.17. The van der Waals surface area contributed by atoms with Crippen LogP contribution in [0, 0.1) is 0 Å². The van der Waals surface area contributed by atoms with Crippen LogP contribution in [0.2, 0.25) is 0 Å². The summed E-state index contributed by atoms with van der Waals surface area (Å²) < 4.78 is 25.0. The fraction of sp³-hybridized carbons (Fsp3) is 0.625. The van der Waals surface area contributed by atoms with E-state index in [4.69, 9.17) is 0 Å². The molecule has 1 aliphatic carbocycles. The van der Waals surface area contributed by atoms with E-state index in [0.717, 1.165) is 12.8 Å². The Hall–Kier alpha value is -0.870. The summed E-state index contributed by atoms with van der Waals surface area (Å²) in [7, 11) is -3.04. The quantitative estimate of drug-likeness (QED) is 0.798. The van der Waals surface area contributed by atoms with E-state index in [-0.39, 0.29) is 5.41 Å². The van der Waals surface area contributed by atoms with Crippen molar-refractivity contribution in [1.29, 1.82) is 0 Å². The molecule has 4 heteroatoms. The maximum Gasteiger partial charge on any atom is 0.211 e. The summed E-state index contributed by atoms with van der Waals surface area (Å²) >= 11 is 0. The lowest BCUT2D eigenvalue weighted by Crippen LogP contribution is -2.46. The van der Waals surface area contributed by atoms with E-state index in [0.29, 0.717) is 19.0 Å². The van der Waals surface area contributed by atoms with Gasteiger partial charge in [-0.2, -0.15) is 0 Å². The van der Waals surface area contributed by atoms with Gasteiger partial charge in [0, 0.05) is 13.1 Å². The number of hydrogen-bond donors (Lipinski definition) is 0. The highest BCUT2D eigenvalue weighted by molar-refractivity contribution is 7.88. The first-order chi connectivity index (χ1) is 9.42. The van der Waals surface area contributed by atoms with Crippen LogP contribution in [0.5, 0.6) is 0 Å². The van der Waals surface area contributed by atoms with Gasteiger partial charge in [-0.15, -0.1) is 0 Å². The molecule has 1 aromatic carbocycles. The fourth-order valence-electron chi connectivity index (χ4n) is 3.96. The third-order valence-corrected chi connectivity index (χ3v) is 6.57. The van der Waals surface area contributed by atoms with Gasteiger partial charge in [-0.05, 0) is 48.1 Å². The maximum absolute atomic E-state index is 11.7. The first-order valence-electron chi connectivity index (χ1n) is 7.47. The molecule has 0 aromatic heterocycles. The molecule has 1 unspecified atom stereocenters. The summed E-state index contributed by atoms with van der Waals surface area (Å²) in [5, 5.41) is 0. The van der Waals surface area contributed by atoms with Crippen molar-refractivity contribution in [2.75, 3.05) is 19.3 Å². The molecule has 20 heavy (non-hydrogen) atoms. The lowest BCUT2D eigenvalue weighted by Gasteiger charge is -2.46. The molecule has 1 spiro atoms. The molecule has 110 valence electrons. The Labute approximate surface area is 122 Å². The van der Waals surface area contributed by atoms with Crippen LogP contribution in [-0.4, -0.2) is 32.1 Å². The van der Waals surface area contributed by atoms with Gasteiger partial charge in [-0.1, -0.05) is 31.2 Å². The first kappa shape index (κ1) is 14.1. The molecule has 0 radical (unpaired) electrons. The lowest BCUT2D eigenvalue weighted by atomic mass is 9.63. The van der Waals surface area contributed by atoms with Gasteiger partial charge in [0.15, 0.2) is 0 Å². The molecule has 1 fully saturated rings. The summed E-state index contributed by atoms with van der Waals surface area (Å²) in [6.45, 7) is 3.64. The molecule has 0 bridgehead atoms. The minimum absolute atomic E-state index is 0.213. The predicted octanol–water partition coefficient (Wildman–Crippen LogP) is 2.88. The largest absolute Gasteiger partial charge is 0.213 e. The molecular formula is C16H23NO2S. The number of hydrogen-bond acceptors (Lipinski definition) is 2. The smallest absolute Gasteiger partial charge is 0.211 e. The van der Waals surface area contributed by atoms with E-state index in [1.807, 2.05) is 0 Å². The van der Waals surface area contributed by atoms with Crippen LogP contribution in [-0.2, 0) is 15.4 Å². The van der Waals surface area contributed by atoms with Gasteiger partial charge in [0.05, 0.1) is 6.26 Å². The monoisotopic (exact) mass is 293 g/mol. The molecular weight excluding hydrogens is 270 g/mol. The Morgan fingerprint density at radius 1 is 1.15 bits per heavy atom. The fourth-order valence-corrected chi connectivity index (χ4v) is 4.80. The molecule has 1 atom stereocenters. The SMILES string of the molecule is CC1CCC2(CCN(S(C)(=O)=O)CC2)c2ccccc21. The number of benzene rings is 1. The van der Waals surface area contributed by atoms with E-state index in [1.165, 1.54) is 30.2 Å². The van der Waals surface area contributed by atoms with Crippen LogP contribution >= 0.6 is 0 Å². The number of sulfonamides is 1. The van der Waals surface area contributed by atoms with Gasteiger partial charge in [-0.3, -0.25) is 0 Å². The van der Waals surface area contributed by atoms with Gasteiger partial charge < -0.3 is 0 Å². The molecule has 3 rings (SSSR count). The van der Waals surface area contributed by atoms with Gasteiger partial charge in [0.25, 0.3) is 0 Å². The molecule has 0 saturated carbocycles. The van der Waals surface area contributed by atoms with Gasteiger partial charge in [0.2, 0.25) is 10.0 Å². The van der Waals surface area contributed by atoms with E-state index < -0.39 is 10.0 Å². The molecule has 1 heterocycles. The van der Waals surface area contributed by atoms with Crippen molar-refractivity contribution in [3.05, 3.63) is 35.4 Å². The van der Waals surface area contributed by atoms with Crippen LogP contribution in [0.4, 0.5) is 0 Å². The molecule has 3 nitrogen and oxygen atoms in total. The summed E-state index contributed by atoms with van der Waals surface area (Å²) in [6, 6.07) is 8.77. The summed E-state index contributed by atoms with van der Waals surface area (Å²) in [5.74, 6) is 0.629. The summed E-state index contributed by atoms with van der Waals surface area (Å²) in [6.07, 6.45) is 5.66. The second kappa shape index (κ2) is 4.85. The molecule has 0 N–H and O–H groups in total. The van der Waals surface area contributed by atoms with E-state index in [9.17, 15) is 8.42 Å². The van der Waals surface area contributed by atoms with Crippen molar-refractivity contribution in [3.63, 3.8) is 0 Å². The second-order valence-corrected chi connectivity index (χ2v) is 8.45. The number of piperidine rings is 1. The van der Waals surface area contributed by atoms with Gasteiger partial charge in [0.1, 0.15) is 0 Å². The number of nitrogens with zero attached hydrogens (tertiary/aromatic N) is 1. The van der Waals surface area contributed by atoms with Crippen LogP contribution < -0.4 is 0 Å². The third-order valence-electron chi connectivity index (χ3n) is 5.27. The van der Waals surface area contributed by atoms with Crippen LogP contribution in [0.1, 0.15) is 49.7 Å². The zero-order chi connectivity index (χ0) is 14.4. The zero-order valence-corrected chi connectivity index (χ0v) is 13.1. The maximum atomic E-state index is 11.7. The number of fused-ring (bicyclic) bond motifs is 2. The van der Waals surface area contributed by atoms with E-state index in [1.54, 1.807) is 4.31 Å². The second-order valence-electron chi connectivity index (χ2n) is 6.47. The summed E-state index contributed by atoms with van der Waals surface area (Å²) in [4.78, 5) is 0.